The third-order valence-corrected chi connectivity index (χ3v) is 3.51. The molecule has 26 heavy (non-hydrogen) atoms. The third-order valence-electron chi connectivity index (χ3n) is 3.01. The monoisotopic (exact) mass is 399 g/mol. The smallest absolute Gasteiger partial charge is 0.342 e. The van der Waals surface area contributed by atoms with Crippen LogP contribution in [0, 0.1) is 10.1 Å². The Morgan fingerprint density at radius 1 is 1.31 bits per heavy atom. The number of hydrogen-bond acceptors (Lipinski definition) is 7. The van der Waals surface area contributed by atoms with E-state index in [1.807, 2.05) is 0 Å². The number of non-ortho nitro benzene ring substituents is 1. The van der Waals surface area contributed by atoms with Crippen molar-refractivity contribution in [1.82, 2.24) is 4.98 Å². The molecule has 1 N–H and O–H groups in total. The first-order chi connectivity index (χ1) is 12.3. The predicted molar refractivity (Wildman–Crippen MR) is 92.8 cm³/mol. The summed E-state index contributed by atoms with van der Waals surface area (Å²) in [6, 6.07) is 4.81. The lowest BCUT2D eigenvalue weighted by Crippen LogP contribution is -2.22. The molecular weight excluding hydrogens is 389 g/mol. The van der Waals surface area contributed by atoms with Crippen molar-refractivity contribution in [2.24, 2.45) is 0 Å². The van der Waals surface area contributed by atoms with Crippen LogP contribution in [0.4, 0.5) is 11.5 Å². The first-order valence-electron chi connectivity index (χ1n) is 6.92. The molecule has 0 aliphatic rings. The van der Waals surface area contributed by atoms with E-state index in [1.165, 1.54) is 31.5 Å². The fourth-order valence-corrected chi connectivity index (χ4v) is 2.28. The lowest BCUT2D eigenvalue weighted by atomic mass is 10.2. The first kappa shape index (κ1) is 19.4. The van der Waals surface area contributed by atoms with Crippen molar-refractivity contribution in [3.63, 3.8) is 0 Å². The molecule has 0 bridgehead atoms. The molecule has 1 aromatic carbocycles. The zero-order valence-electron chi connectivity index (χ0n) is 13.2. The molecular formula is C15H11Cl2N3O6. The highest BCUT2D eigenvalue weighted by Gasteiger charge is 2.20. The summed E-state index contributed by atoms with van der Waals surface area (Å²) < 4.78 is 9.82. The van der Waals surface area contributed by atoms with Crippen LogP contribution in [0.15, 0.2) is 30.5 Å². The molecule has 1 aromatic heterocycles. The molecule has 2 aromatic rings. The van der Waals surface area contributed by atoms with E-state index in [4.69, 9.17) is 32.7 Å². The van der Waals surface area contributed by atoms with Crippen molar-refractivity contribution in [2.75, 3.05) is 19.0 Å². The molecule has 0 fully saturated rings. The maximum Gasteiger partial charge on any atom is 0.342 e. The molecule has 2 rings (SSSR count). The zero-order chi connectivity index (χ0) is 19.3. The number of anilines is 1. The molecule has 0 aliphatic heterocycles. The summed E-state index contributed by atoms with van der Waals surface area (Å²) in [6.07, 6.45) is 1.28. The Morgan fingerprint density at radius 2 is 2.04 bits per heavy atom. The van der Waals surface area contributed by atoms with E-state index in [-0.39, 0.29) is 32.9 Å². The van der Waals surface area contributed by atoms with Crippen LogP contribution in [-0.2, 0) is 9.53 Å². The van der Waals surface area contributed by atoms with Crippen molar-refractivity contribution in [3.8, 4) is 5.75 Å². The van der Waals surface area contributed by atoms with Gasteiger partial charge in [0.2, 0.25) is 0 Å². The number of esters is 1. The number of nitro benzene ring substituents is 1. The van der Waals surface area contributed by atoms with Gasteiger partial charge in [-0.2, -0.15) is 0 Å². The Morgan fingerprint density at radius 3 is 2.65 bits per heavy atom. The third kappa shape index (κ3) is 4.80. The summed E-state index contributed by atoms with van der Waals surface area (Å²) in [6.45, 7) is -0.661. The lowest BCUT2D eigenvalue weighted by Gasteiger charge is -2.09. The van der Waals surface area contributed by atoms with Gasteiger partial charge in [-0.3, -0.25) is 14.9 Å². The molecule has 0 atom stereocenters. The number of carbonyl (C=O) groups is 2. The lowest BCUT2D eigenvalue weighted by molar-refractivity contribution is -0.384. The minimum absolute atomic E-state index is 0.0463. The second kappa shape index (κ2) is 8.45. The Kier molecular flexibility index (Phi) is 6.31. The molecule has 1 amide bonds. The van der Waals surface area contributed by atoms with Crippen LogP contribution in [0.5, 0.6) is 5.75 Å². The molecule has 0 saturated heterocycles. The van der Waals surface area contributed by atoms with Gasteiger partial charge in [-0.05, 0) is 12.1 Å². The van der Waals surface area contributed by atoms with Crippen LogP contribution < -0.4 is 10.1 Å². The number of methoxy groups -OCH3 is 1. The van der Waals surface area contributed by atoms with Gasteiger partial charge in [-0.15, -0.1) is 0 Å². The fourth-order valence-electron chi connectivity index (χ4n) is 1.85. The van der Waals surface area contributed by atoms with Crippen LogP contribution in [0.25, 0.3) is 0 Å². The SMILES string of the molecule is COc1ccc([N+](=O)[O-])cc1C(=O)OCC(=O)Nc1ncc(Cl)cc1Cl. The van der Waals surface area contributed by atoms with Crippen LogP contribution in [0.3, 0.4) is 0 Å². The highest BCUT2D eigenvalue weighted by atomic mass is 35.5. The molecule has 136 valence electrons. The molecule has 1 heterocycles. The van der Waals surface area contributed by atoms with Crippen LogP contribution >= 0.6 is 23.2 Å². The Hall–Kier alpha value is -2.91. The summed E-state index contributed by atoms with van der Waals surface area (Å²) in [5.74, 6) is -1.55. The number of rotatable bonds is 6. The Bertz CT molecular complexity index is 874. The molecule has 9 nitrogen and oxygen atoms in total. The number of nitrogens with one attached hydrogen (secondary N) is 1. The van der Waals surface area contributed by atoms with Crippen LogP contribution in [0.2, 0.25) is 10.0 Å². The minimum Gasteiger partial charge on any atom is -0.496 e. The van der Waals surface area contributed by atoms with Gasteiger partial charge in [0.1, 0.15) is 11.3 Å². The number of hydrogen-bond donors (Lipinski definition) is 1. The van der Waals surface area contributed by atoms with E-state index in [0.717, 1.165) is 6.07 Å². The normalized spacial score (nSPS) is 10.1. The van der Waals surface area contributed by atoms with Crippen molar-refractivity contribution < 1.29 is 24.0 Å². The Balaban J connectivity index is 2.05. The summed E-state index contributed by atoms with van der Waals surface area (Å²) in [5, 5.41) is 13.6. The second-order valence-corrected chi connectivity index (χ2v) is 5.59. The number of halogens is 2. The highest BCUT2D eigenvalue weighted by molar-refractivity contribution is 6.36. The van der Waals surface area contributed by atoms with E-state index in [1.54, 1.807) is 0 Å². The highest BCUT2D eigenvalue weighted by Crippen LogP contribution is 2.25. The van der Waals surface area contributed by atoms with Gasteiger partial charge in [-0.1, -0.05) is 23.2 Å². The second-order valence-electron chi connectivity index (χ2n) is 4.75. The van der Waals surface area contributed by atoms with Gasteiger partial charge in [0.15, 0.2) is 12.4 Å². The predicted octanol–water partition coefficient (Wildman–Crippen LogP) is 3.10. The van der Waals surface area contributed by atoms with Gasteiger partial charge in [0.05, 0.1) is 22.1 Å². The molecule has 11 heteroatoms. The van der Waals surface area contributed by atoms with E-state index in [9.17, 15) is 19.7 Å². The minimum atomic E-state index is -0.962. The first-order valence-corrected chi connectivity index (χ1v) is 7.68. The molecule has 0 aliphatic carbocycles. The number of nitrogens with zero attached hydrogens (tertiary/aromatic N) is 2. The number of carbonyl (C=O) groups excluding carboxylic acids is 2. The van der Waals surface area contributed by atoms with E-state index >= 15 is 0 Å². The molecule has 0 spiro atoms. The maximum absolute atomic E-state index is 12.1. The van der Waals surface area contributed by atoms with Gasteiger partial charge in [0, 0.05) is 18.3 Å². The number of amides is 1. The van der Waals surface area contributed by atoms with E-state index in [0.29, 0.717) is 0 Å². The Labute approximate surface area is 157 Å². The van der Waals surface area contributed by atoms with Crippen LogP contribution in [0.1, 0.15) is 10.4 Å². The van der Waals surface area contributed by atoms with Crippen molar-refractivity contribution in [1.29, 1.82) is 0 Å². The summed E-state index contributed by atoms with van der Waals surface area (Å²) >= 11 is 11.6. The summed E-state index contributed by atoms with van der Waals surface area (Å²) in [4.78, 5) is 37.9. The summed E-state index contributed by atoms with van der Waals surface area (Å²) in [7, 11) is 1.29. The molecule has 0 saturated carbocycles. The number of benzene rings is 1. The topological polar surface area (TPSA) is 121 Å². The molecule has 0 unspecified atom stereocenters. The standard InChI is InChI=1S/C15H11Cl2N3O6/c1-25-12-3-2-9(20(23)24)5-10(12)15(22)26-7-13(21)19-14-11(17)4-8(16)6-18-14/h2-6H,7H2,1H3,(H,18,19,21). The largest absolute Gasteiger partial charge is 0.496 e. The van der Waals surface area contributed by atoms with Crippen molar-refractivity contribution in [3.05, 3.63) is 56.2 Å². The van der Waals surface area contributed by atoms with Gasteiger partial charge in [0.25, 0.3) is 11.6 Å². The number of pyridine rings is 1. The van der Waals surface area contributed by atoms with Crippen molar-refractivity contribution in [2.45, 2.75) is 0 Å². The maximum atomic E-state index is 12.1. The molecule has 0 radical (unpaired) electrons. The van der Waals surface area contributed by atoms with E-state index in [2.05, 4.69) is 10.3 Å². The number of aromatic nitrogens is 1. The van der Waals surface area contributed by atoms with Crippen molar-refractivity contribution >= 4 is 46.6 Å². The van der Waals surface area contributed by atoms with Gasteiger partial charge < -0.3 is 14.8 Å². The van der Waals surface area contributed by atoms with E-state index < -0.39 is 23.4 Å². The number of nitro groups is 1. The van der Waals surface area contributed by atoms with Gasteiger partial charge in [-0.25, -0.2) is 9.78 Å². The quantitative estimate of drug-likeness (QED) is 0.449. The average Bonchev–Trinajstić information content (AvgIpc) is 2.61. The average molecular weight is 400 g/mol. The number of ether oxygens (including phenoxy) is 2. The fraction of sp³-hybridized carbons (Fsp3) is 0.133. The summed E-state index contributed by atoms with van der Waals surface area (Å²) in [5.41, 5.74) is -0.503. The van der Waals surface area contributed by atoms with Gasteiger partial charge >= 0.3 is 5.97 Å². The zero-order valence-corrected chi connectivity index (χ0v) is 14.7. The van der Waals surface area contributed by atoms with Crippen LogP contribution in [-0.4, -0.2) is 35.5 Å².